The third-order valence-electron chi connectivity index (χ3n) is 5.59. The van der Waals surface area contributed by atoms with Crippen molar-refractivity contribution in [3.63, 3.8) is 0 Å². The Bertz CT molecular complexity index is 290. The van der Waals surface area contributed by atoms with Crippen molar-refractivity contribution < 1.29 is 4.74 Å². The number of likely N-dealkylation sites (tertiary alicyclic amines) is 2. The van der Waals surface area contributed by atoms with Gasteiger partial charge < -0.3 is 4.74 Å². The first-order valence-corrected chi connectivity index (χ1v) is 6.33. The van der Waals surface area contributed by atoms with E-state index in [0.717, 1.165) is 19.3 Å². The molecule has 84 valence electrons. The van der Waals surface area contributed by atoms with E-state index in [9.17, 15) is 0 Å². The van der Waals surface area contributed by atoms with Crippen LogP contribution in [0.15, 0.2) is 0 Å². The van der Waals surface area contributed by atoms with Crippen LogP contribution in [0.2, 0.25) is 0 Å². The molecule has 0 aromatic carbocycles. The molecule has 1 aliphatic carbocycles. The van der Waals surface area contributed by atoms with E-state index >= 15 is 0 Å². The van der Waals surface area contributed by atoms with Gasteiger partial charge in [0.2, 0.25) is 0 Å². The number of likely N-dealkylation sites (N-methyl/N-ethyl adjacent to an activating group) is 1. The topological polar surface area (TPSA) is 15.7 Å². The van der Waals surface area contributed by atoms with E-state index < -0.39 is 0 Å². The van der Waals surface area contributed by atoms with E-state index in [1.807, 2.05) is 0 Å². The SMILES string of the molecule is CN1C[C@H](N2CCC23COC3)C12CCC2. The highest BCUT2D eigenvalue weighted by atomic mass is 16.5. The summed E-state index contributed by atoms with van der Waals surface area (Å²) in [6.07, 6.45) is 5.69. The van der Waals surface area contributed by atoms with Crippen LogP contribution < -0.4 is 0 Å². The number of hydrogen-bond donors (Lipinski definition) is 0. The molecule has 0 unspecified atom stereocenters. The quantitative estimate of drug-likeness (QED) is 0.631. The summed E-state index contributed by atoms with van der Waals surface area (Å²) in [7, 11) is 2.30. The fourth-order valence-corrected chi connectivity index (χ4v) is 4.09. The first kappa shape index (κ1) is 8.97. The molecule has 1 atom stereocenters. The molecule has 0 aromatic heterocycles. The fourth-order valence-electron chi connectivity index (χ4n) is 4.09. The third kappa shape index (κ3) is 0.855. The van der Waals surface area contributed by atoms with E-state index in [2.05, 4.69) is 16.8 Å². The standard InChI is InChI=1S/C12H20N2O/c1-13-7-10(12(13)3-2-4-12)14-6-5-11(14)8-15-9-11/h10H,2-9H2,1H3/t10-/m0/s1. The van der Waals surface area contributed by atoms with E-state index in [4.69, 9.17) is 4.74 Å². The van der Waals surface area contributed by atoms with Gasteiger partial charge >= 0.3 is 0 Å². The van der Waals surface area contributed by atoms with Gasteiger partial charge in [0, 0.05) is 24.7 Å². The van der Waals surface area contributed by atoms with Gasteiger partial charge in [-0.3, -0.25) is 9.80 Å². The van der Waals surface area contributed by atoms with Crippen molar-refractivity contribution in [2.75, 3.05) is 33.4 Å². The van der Waals surface area contributed by atoms with E-state index in [0.29, 0.717) is 11.1 Å². The minimum Gasteiger partial charge on any atom is -0.377 e. The zero-order chi connectivity index (χ0) is 10.1. The Kier molecular flexibility index (Phi) is 1.54. The molecule has 3 heteroatoms. The van der Waals surface area contributed by atoms with Crippen molar-refractivity contribution in [3.05, 3.63) is 0 Å². The summed E-state index contributed by atoms with van der Waals surface area (Å²) < 4.78 is 5.42. The number of ether oxygens (including phenoxy) is 1. The van der Waals surface area contributed by atoms with Crippen LogP contribution in [0.4, 0.5) is 0 Å². The van der Waals surface area contributed by atoms with Crippen LogP contribution in [0.25, 0.3) is 0 Å². The Morgan fingerprint density at radius 2 is 2.00 bits per heavy atom. The average molecular weight is 208 g/mol. The summed E-state index contributed by atoms with van der Waals surface area (Å²) in [5.74, 6) is 0. The molecule has 0 radical (unpaired) electrons. The fraction of sp³-hybridized carbons (Fsp3) is 1.00. The molecule has 0 bridgehead atoms. The minimum atomic E-state index is 0.495. The highest BCUT2D eigenvalue weighted by molar-refractivity contribution is 5.20. The summed E-state index contributed by atoms with van der Waals surface area (Å²) in [6.45, 7) is 4.62. The smallest absolute Gasteiger partial charge is 0.0694 e. The lowest BCUT2D eigenvalue weighted by Gasteiger charge is -2.72. The number of nitrogens with zero attached hydrogens (tertiary/aromatic N) is 2. The maximum absolute atomic E-state index is 5.42. The Morgan fingerprint density at radius 3 is 2.33 bits per heavy atom. The van der Waals surface area contributed by atoms with Crippen molar-refractivity contribution in [3.8, 4) is 0 Å². The zero-order valence-corrected chi connectivity index (χ0v) is 9.54. The van der Waals surface area contributed by atoms with Crippen LogP contribution in [-0.2, 0) is 4.74 Å². The van der Waals surface area contributed by atoms with Crippen LogP contribution in [0, 0.1) is 0 Å². The van der Waals surface area contributed by atoms with Gasteiger partial charge in [0.25, 0.3) is 0 Å². The molecule has 3 heterocycles. The highest BCUT2D eigenvalue weighted by Crippen LogP contribution is 2.53. The summed E-state index contributed by atoms with van der Waals surface area (Å²) in [6, 6.07) is 0.855. The van der Waals surface area contributed by atoms with Crippen molar-refractivity contribution in [1.29, 1.82) is 0 Å². The van der Waals surface area contributed by atoms with Crippen LogP contribution in [-0.4, -0.2) is 60.3 Å². The van der Waals surface area contributed by atoms with Gasteiger partial charge in [-0.2, -0.15) is 0 Å². The third-order valence-corrected chi connectivity index (χ3v) is 5.59. The lowest BCUT2D eigenvalue weighted by molar-refractivity contribution is -0.258. The maximum atomic E-state index is 5.42. The summed E-state index contributed by atoms with van der Waals surface area (Å²) in [4.78, 5) is 5.36. The van der Waals surface area contributed by atoms with Crippen molar-refractivity contribution in [2.24, 2.45) is 0 Å². The molecule has 0 aromatic rings. The molecular weight excluding hydrogens is 188 g/mol. The number of hydrogen-bond acceptors (Lipinski definition) is 3. The summed E-state index contributed by atoms with van der Waals surface area (Å²) in [5.41, 5.74) is 1.08. The second-order valence-corrected chi connectivity index (χ2v) is 6.01. The largest absolute Gasteiger partial charge is 0.377 e. The van der Waals surface area contributed by atoms with Gasteiger partial charge in [0.1, 0.15) is 0 Å². The molecule has 3 aliphatic heterocycles. The maximum Gasteiger partial charge on any atom is 0.0694 e. The molecule has 3 saturated heterocycles. The lowest BCUT2D eigenvalue weighted by Crippen LogP contribution is -2.85. The Hall–Kier alpha value is -0.120. The molecule has 1 saturated carbocycles. The van der Waals surface area contributed by atoms with Crippen molar-refractivity contribution in [2.45, 2.75) is 42.8 Å². The average Bonchev–Trinajstić information content (AvgIpc) is 1.94. The van der Waals surface area contributed by atoms with E-state index in [1.54, 1.807) is 0 Å². The molecule has 0 amide bonds. The van der Waals surface area contributed by atoms with Gasteiger partial charge in [-0.1, -0.05) is 0 Å². The van der Waals surface area contributed by atoms with Crippen molar-refractivity contribution in [1.82, 2.24) is 9.80 Å². The van der Waals surface area contributed by atoms with Gasteiger partial charge in [0.05, 0.1) is 18.8 Å². The summed E-state index contributed by atoms with van der Waals surface area (Å²) in [5, 5.41) is 0. The van der Waals surface area contributed by atoms with Crippen LogP contribution in [0.1, 0.15) is 25.7 Å². The van der Waals surface area contributed by atoms with Crippen LogP contribution in [0.3, 0.4) is 0 Å². The molecule has 0 N–H and O–H groups in total. The number of rotatable bonds is 1. The second kappa shape index (κ2) is 2.58. The predicted octanol–water partition coefficient (Wildman–Crippen LogP) is 0.698. The van der Waals surface area contributed by atoms with Gasteiger partial charge in [-0.05, 0) is 32.7 Å². The second-order valence-electron chi connectivity index (χ2n) is 6.01. The van der Waals surface area contributed by atoms with E-state index in [-0.39, 0.29) is 0 Å². The monoisotopic (exact) mass is 208 g/mol. The van der Waals surface area contributed by atoms with Crippen LogP contribution >= 0.6 is 0 Å². The molecule has 2 spiro atoms. The Morgan fingerprint density at radius 1 is 1.20 bits per heavy atom. The molecule has 4 fully saturated rings. The highest BCUT2D eigenvalue weighted by Gasteiger charge is 2.64. The first-order valence-electron chi connectivity index (χ1n) is 6.33. The molecule has 4 rings (SSSR count). The molecule has 15 heavy (non-hydrogen) atoms. The van der Waals surface area contributed by atoms with Gasteiger partial charge in [-0.15, -0.1) is 0 Å². The Balaban J connectivity index is 1.54. The van der Waals surface area contributed by atoms with Gasteiger partial charge in [0.15, 0.2) is 0 Å². The molecule has 4 aliphatic rings. The molecule has 3 nitrogen and oxygen atoms in total. The van der Waals surface area contributed by atoms with Crippen molar-refractivity contribution >= 4 is 0 Å². The zero-order valence-electron chi connectivity index (χ0n) is 9.54. The predicted molar refractivity (Wildman–Crippen MR) is 57.9 cm³/mol. The molecular formula is C12H20N2O. The first-order chi connectivity index (χ1) is 7.27. The van der Waals surface area contributed by atoms with Gasteiger partial charge in [-0.25, -0.2) is 0 Å². The Labute approximate surface area is 91.4 Å². The minimum absolute atomic E-state index is 0.495. The normalized spacial score (nSPS) is 41.8. The lowest BCUT2D eigenvalue weighted by atomic mass is 9.62. The van der Waals surface area contributed by atoms with E-state index in [1.165, 1.54) is 38.8 Å². The van der Waals surface area contributed by atoms with Crippen LogP contribution in [0.5, 0.6) is 0 Å². The summed E-state index contributed by atoms with van der Waals surface area (Å²) >= 11 is 0.